The molecule has 0 bridgehead atoms. The zero-order valence-corrected chi connectivity index (χ0v) is 15.4. The minimum Gasteiger partial charge on any atom is -0.491 e. The van der Waals surface area contributed by atoms with Crippen molar-refractivity contribution < 1.29 is 13.9 Å². The molecule has 3 aromatic rings. The molecule has 0 fully saturated rings. The smallest absolute Gasteiger partial charge is 0.287 e. The predicted molar refractivity (Wildman–Crippen MR) is 101 cm³/mol. The Morgan fingerprint density at radius 2 is 1.84 bits per heavy atom. The summed E-state index contributed by atoms with van der Waals surface area (Å²) in [7, 11) is 0. The minimum atomic E-state index is -0.247. The lowest BCUT2D eigenvalue weighted by Crippen LogP contribution is -2.28. The third-order valence-electron chi connectivity index (χ3n) is 3.71. The van der Waals surface area contributed by atoms with E-state index in [2.05, 4.69) is 21.2 Å². The summed E-state index contributed by atoms with van der Waals surface area (Å²) in [4.78, 5) is 12.1. The Hall–Kier alpha value is -2.53. The Morgan fingerprint density at radius 1 is 1.12 bits per heavy atom. The third kappa shape index (κ3) is 4.31. The van der Waals surface area contributed by atoms with Gasteiger partial charge in [0.2, 0.25) is 0 Å². The lowest BCUT2D eigenvalue weighted by atomic mass is 10.1. The van der Waals surface area contributed by atoms with Crippen LogP contribution in [0.2, 0.25) is 0 Å². The molecular formula is C20H18BrNO3. The van der Waals surface area contributed by atoms with Crippen molar-refractivity contribution in [3.63, 3.8) is 0 Å². The maximum absolute atomic E-state index is 12.1. The molecule has 1 heterocycles. The van der Waals surface area contributed by atoms with E-state index in [1.807, 2.05) is 61.5 Å². The molecule has 4 nitrogen and oxygen atoms in total. The molecule has 0 saturated heterocycles. The molecule has 0 aliphatic heterocycles. The van der Waals surface area contributed by atoms with E-state index in [1.54, 1.807) is 6.07 Å². The van der Waals surface area contributed by atoms with E-state index in [9.17, 15) is 4.79 Å². The standard InChI is InChI=1S/C20H18BrNO3/c1-14-13-18(21)25-19(14)20(23)22-11-12-24-17-10-6-5-9-16(17)15-7-3-2-4-8-15/h2-10,13H,11-12H2,1H3,(H,22,23). The largest absolute Gasteiger partial charge is 0.491 e. The Kier molecular flexibility index (Phi) is 5.56. The molecule has 0 saturated carbocycles. The summed E-state index contributed by atoms with van der Waals surface area (Å²) in [6.45, 7) is 2.59. The molecule has 2 aromatic carbocycles. The van der Waals surface area contributed by atoms with Crippen molar-refractivity contribution in [2.24, 2.45) is 0 Å². The Bertz CT molecular complexity index is 858. The number of ether oxygens (including phenoxy) is 1. The van der Waals surface area contributed by atoms with Crippen molar-refractivity contribution in [3.05, 3.63) is 76.7 Å². The van der Waals surface area contributed by atoms with Gasteiger partial charge < -0.3 is 14.5 Å². The van der Waals surface area contributed by atoms with Gasteiger partial charge in [-0.25, -0.2) is 0 Å². The van der Waals surface area contributed by atoms with Gasteiger partial charge in [-0.15, -0.1) is 0 Å². The number of furan rings is 1. The number of halogens is 1. The third-order valence-corrected chi connectivity index (χ3v) is 4.10. The fraction of sp³-hybridized carbons (Fsp3) is 0.150. The predicted octanol–water partition coefficient (Wildman–Crippen LogP) is 4.83. The van der Waals surface area contributed by atoms with E-state index in [0.717, 1.165) is 22.4 Å². The van der Waals surface area contributed by atoms with Gasteiger partial charge in [0.1, 0.15) is 12.4 Å². The molecule has 128 valence electrons. The number of hydrogen-bond donors (Lipinski definition) is 1. The SMILES string of the molecule is Cc1cc(Br)oc1C(=O)NCCOc1ccccc1-c1ccccc1. The summed E-state index contributed by atoms with van der Waals surface area (Å²) in [5, 5.41) is 2.80. The van der Waals surface area contributed by atoms with Crippen LogP contribution in [0, 0.1) is 6.92 Å². The van der Waals surface area contributed by atoms with Gasteiger partial charge in [0.25, 0.3) is 5.91 Å². The maximum Gasteiger partial charge on any atom is 0.287 e. The Morgan fingerprint density at radius 3 is 2.56 bits per heavy atom. The fourth-order valence-electron chi connectivity index (χ4n) is 2.52. The van der Waals surface area contributed by atoms with Gasteiger partial charge in [0, 0.05) is 11.1 Å². The first kappa shape index (κ1) is 17.3. The second kappa shape index (κ2) is 8.03. The fourth-order valence-corrected chi connectivity index (χ4v) is 3.03. The topological polar surface area (TPSA) is 51.5 Å². The van der Waals surface area contributed by atoms with Crippen LogP contribution < -0.4 is 10.1 Å². The first-order valence-electron chi connectivity index (χ1n) is 7.96. The van der Waals surface area contributed by atoms with Gasteiger partial charge in [-0.1, -0.05) is 48.5 Å². The quantitative estimate of drug-likeness (QED) is 0.604. The van der Waals surface area contributed by atoms with Crippen LogP contribution in [-0.4, -0.2) is 19.1 Å². The molecule has 0 radical (unpaired) electrons. The minimum absolute atomic E-state index is 0.247. The van der Waals surface area contributed by atoms with Crippen molar-refractivity contribution in [2.75, 3.05) is 13.2 Å². The normalized spacial score (nSPS) is 10.5. The van der Waals surface area contributed by atoms with E-state index >= 15 is 0 Å². The molecule has 0 spiro atoms. The molecule has 1 aromatic heterocycles. The van der Waals surface area contributed by atoms with E-state index in [1.165, 1.54) is 0 Å². The van der Waals surface area contributed by atoms with E-state index in [4.69, 9.17) is 9.15 Å². The Balaban J connectivity index is 1.58. The summed E-state index contributed by atoms with van der Waals surface area (Å²) in [6.07, 6.45) is 0. The van der Waals surface area contributed by atoms with Crippen LogP contribution in [0.1, 0.15) is 16.1 Å². The molecule has 5 heteroatoms. The van der Waals surface area contributed by atoms with Gasteiger partial charge in [-0.05, 0) is 40.5 Å². The van der Waals surface area contributed by atoms with E-state index < -0.39 is 0 Å². The molecule has 0 aliphatic carbocycles. The number of benzene rings is 2. The molecule has 1 N–H and O–H groups in total. The molecule has 3 rings (SSSR count). The van der Waals surface area contributed by atoms with Gasteiger partial charge in [-0.3, -0.25) is 4.79 Å². The van der Waals surface area contributed by atoms with Crippen molar-refractivity contribution in [1.82, 2.24) is 5.32 Å². The highest BCUT2D eigenvalue weighted by Crippen LogP contribution is 2.29. The number of amides is 1. The number of carbonyl (C=O) groups is 1. The van der Waals surface area contributed by atoms with E-state index in [0.29, 0.717) is 23.6 Å². The average molecular weight is 400 g/mol. The van der Waals surface area contributed by atoms with Crippen LogP contribution in [0.4, 0.5) is 0 Å². The molecule has 25 heavy (non-hydrogen) atoms. The first-order chi connectivity index (χ1) is 12.1. The monoisotopic (exact) mass is 399 g/mol. The molecular weight excluding hydrogens is 382 g/mol. The lowest BCUT2D eigenvalue weighted by Gasteiger charge is -2.12. The second-order valence-electron chi connectivity index (χ2n) is 5.53. The second-order valence-corrected chi connectivity index (χ2v) is 6.31. The number of hydrogen-bond acceptors (Lipinski definition) is 3. The van der Waals surface area contributed by atoms with Gasteiger partial charge >= 0.3 is 0 Å². The number of rotatable bonds is 6. The number of carbonyl (C=O) groups excluding carboxylic acids is 1. The van der Waals surface area contributed by atoms with Gasteiger partial charge in [0.05, 0.1) is 6.54 Å². The maximum atomic E-state index is 12.1. The zero-order chi connectivity index (χ0) is 17.6. The highest BCUT2D eigenvalue weighted by atomic mass is 79.9. The van der Waals surface area contributed by atoms with Crippen LogP contribution in [0.3, 0.4) is 0 Å². The van der Waals surface area contributed by atoms with Crippen LogP contribution >= 0.6 is 15.9 Å². The Labute approximate surface area is 154 Å². The zero-order valence-electron chi connectivity index (χ0n) is 13.8. The highest BCUT2D eigenvalue weighted by molar-refractivity contribution is 9.10. The van der Waals surface area contributed by atoms with Crippen LogP contribution in [0.15, 0.2) is 69.8 Å². The average Bonchev–Trinajstić information content (AvgIpc) is 2.98. The van der Waals surface area contributed by atoms with Crippen molar-refractivity contribution >= 4 is 21.8 Å². The van der Waals surface area contributed by atoms with Crippen LogP contribution in [0.5, 0.6) is 5.75 Å². The van der Waals surface area contributed by atoms with Crippen LogP contribution in [-0.2, 0) is 0 Å². The summed E-state index contributed by atoms with van der Waals surface area (Å²) >= 11 is 3.22. The summed E-state index contributed by atoms with van der Waals surface area (Å²) in [6, 6.07) is 19.7. The first-order valence-corrected chi connectivity index (χ1v) is 8.76. The molecule has 0 atom stereocenters. The molecule has 0 unspecified atom stereocenters. The van der Waals surface area contributed by atoms with Crippen molar-refractivity contribution in [2.45, 2.75) is 6.92 Å². The number of nitrogens with one attached hydrogen (secondary N) is 1. The summed E-state index contributed by atoms with van der Waals surface area (Å²) in [5.74, 6) is 0.861. The summed E-state index contributed by atoms with van der Waals surface area (Å²) in [5.41, 5.74) is 2.91. The molecule has 0 aliphatic rings. The van der Waals surface area contributed by atoms with Crippen LogP contribution in [0.25, 0.3) is 11.1 Å². The summed E-state index contributed by atoms with van der Waals surface area (Å²) < 4.78 is 11.7. The van der Waals surface area contributed by atoms with Gasteiger partial charge in [0.15, 0.2) is 10.4 Å². The number of para-hydroxylation sites is 1. The van der Waals surface area contributed by atoms with Crippen molar-refractivity contribution in [1.29, 1.82) is 0 Å². The lowest BCUT2D eigenvalue weighted by molar-refractivity contribution is 0.0917. The number of aryl methyl sites for hydroxylation is 1. The van der Waals surface area contributed by atoms with Gasteiger partial charge in [-0.2, -0.15) is 0 Å². The van der Waals surface area contributed by atoms with E-state index in [-0.39, 0.29) is 5.91 Å². The van der Waals surface area contributed by atoms with Crippen molar-refractivity contribution in [3.8, 4) is 16.9 Å². The molecule has 1 amide bonds. The highest BCUT2D eigenvalue weighted by Gasteiger charge is 2.14.